The topological polar surface area (TPSA) is 99.4 Å². The van der Waals surface area contributed by atoms with E-state index in [1.807, 2.05) is 30.3 Å². The molecule has 6 nitrogen and oxygen atoms in total. The first kappa shape index (κ1) is 24.5. The zero-order valence-corrected chi connectivity index (χ0v) is 19.6. The van der Waals surface area contributed by atoms with Crippen molar-refractivity contribution in [3.63, 3.8) is 0 Å². The van der Waals surface area contributed by atoms with E-state index in [9.17, 15) is 20.4 Å². The number of hydrogen-bond acceptors (Lipinski definition) is 6. The standard InChI is InChI=1S/C26H33ClO6/c1-2-26(10-3-11-26)15-32-19-7-4-16(5-8-19)12-18-13-17(6-9-20(18)27)25-24(31)23(30)22(29)21(14-28)33-25/h4-9,13,21-25,28-31H,2-3,10-12,14-15H2,1H3. The Morgan fingerprint density at radius 3 is 2.36 bits per heavy atom. The van der Waals surface area contributed by atoms with E-state index in [-0.39, 0.29) is 0 Å². The Kier molecular flexibility index (Phi) is 7.63. The summed E-state index contributed by atoms with van der Waals surface area (Å²) in [4.78, 5) is 0. The van der Waals surface area contributed by atoms with E-state index in [1.165, 1.54) is 19.3 Å². The van der Waals surface area contributed by atoms with Crippen LogP contribution >= 0.6 is 11.6 Å². The average Bonchev–Trinajstić information content (AvgIpc) is 2.80. The number of aliphatic hydroxyl groups excluding tert-OH is 4. The van der Waals surface area contributed by atoms with Crippen LogP contribution in [0.25, 0.3) is 0 Å². The molecule has 0 spiro atoms. The van der Waals surface area contributed by atoms with E-state index in [0.717, 1.165) is 29.9 Å². The molecule has 5 atom stereocenters. The van der Waals surface area contributed by atoms with E-state index < -0.39 is 37.1 Å². The molecule has 0 radical (unpaired) electrons. The molecule has 1 aliphatic heterocycles. The maximum atomic E-state index is 10.4. The van der Waals surface area contributed by atoms with Crippen LogP contribution in [0.2, 0.25) is 5.02 Å². The summed E-state index contributed by atoms with van der Waals surface area (Å²) in [7, 11) is 0. The molecule has 33 heavy (non-hydrogen) atoms. The number of ether oxygens (including phenoxy) is 2. The number of benzene rings is 2. The van der Waals surface area contributed by atoms with Gasteiger partial charge in [-0.1, -0.05) is 49.2 Å². The van der Waals surface area contributed by atoms with Gasteiger partial charge in [-0.15, -0.1) is 0 Å². The lowest BCUT2D eigenvalue weighted by atomic mass is 9.68. The van der Waals surface area contributed by atoms with Crippen LogP contribution in [-0.4, -0.2) is 58.1 Å². The zero-order chi connectivity index (χ0) is 23.6. The predicted molar refractivity (Wildman–Crippen MR) is 125 cm³/mol. The Labute approximate surface area is 199 Å². The molecule has 1 aliphatic carbocycles. The molecule has 0 bridgehead atoms. The van der Waals surface area contributed by atoms with Gasteiger partial charge in [0.05, 0.1) is 13.2 Å². The fourth-order valence-electron chi connectivity index (χ4n) is 4.72. The maximum absolute atomic E-state index is 10.4. The van der Waals surface area contributed by atoms with Crippen molar-refractivity contribution < 1.29 is 29.9 Å². The number of hydrogen-bond donors (Lipinski definition) is 4. The third-order valence-corrected chi connectivity index (χ3v) is 7.69. The Balaban J connectivity index is 1.45. The van der Waals surface area contributed by atoms with Crippen molar-refractivity contribution in [3.8, 4) is 5.75 Å². The van der Waals surface area contributed by atoms with E-state index in [0.29, 0.717) is 22.4 Å². The van der Waals surface area contributed by atoms with Gasteiger partial charge in [0.15, 0.2) is 0 Å². The fraction of sp³-hybridized carbons (Fsp3) is 0.538. The maximum Gasteiger partial charge on any atom is 0.119 e. The van der Waals surface area contributed by atoms with E-state index >= 15 is 0 Å². The summed E-state index contributed by atoms with van der Waals surface area (Å²) in [6.45, 7) is 2.53. The highest BCUT2D eigenvalue weighted by Crippen LogP contribution is 2.44. The van der Waals surface area contributed by atoms with Crippen LogP contribution < -0.4 is 4.74 Å². The molecular weight excluding hydrogens is 444 g/mol. The monoisotopic (exact) mass is 476 g/mol. The van der Waals surface area contributed by atoms with Crippen molar-refractivity contribution in [2.75, 3.05) is 13.2 Å². The third kappa shape index (κ3) is 5.21. The van der Waals surface area contributed by atoms with Gasteiger partial charge in [-0.3, -0.25) is 0 Å². The van der Waals surface area contributed by atoms with Gasteiger partial charge in [0, 0.05) is 10.4 Å². The molecule has 2 aliphatic rings. The molecule has 180 valence electrons. The Hall–Kier alpha value is -1.67. The van der Waals surface area contributed by atoms with Crippen LogP contribution in [-0.2, 0) is 11.2 Å². The normalized spacial score (nSPS) is 28.8. The number of halogens is 1. The van der Waals surface area contributed by atoms with Gasteiger partial charge in [0.25, 0.3) is 0 Å². The quantitative estimate of drug-likeness (QED) is 0.466. The van der Waals surface area contributed by atoms with Crippen molar-refractivity contribution >= 4 is 11.6 Å². The second-order valence-electron chi connectivity index (χ2n) is 9.42. The van der Waals surface area contributed by atoms with Crippen LogP contribution in [0.5, 0.6) is 5.75 Å². The smallest absolute Gasteiger partial charge is 0.119 e. The zero-order valence-electron chi connectivity index (χ0n) is 18.9. The minimum atomic E-state index is -1.42. The summed E-state index contributed by atoms with van der Waals surface area (Å²) in [6.07, 6.45) is -0.469. The highest BCUT2D eigenvalue weighted by molar-refractivity contribution is 6.31. The van der Waals surface area contributed by atoms with Crippen molar-refractivity contribution in [3.05, 3.63) is 64.2 Å². The lowest BCUT2D eigenvalue weighted by Gasteiger charge is -2.40. The number of rotatable bonds is 8. The minimum Gasteiger partial charge on any atom is -0.493 e. The van der Waals surface area contributed by atoms with Crippen LogP contribution in [0.3, 0.4) is 0 Å². The van der Waals surface area contributed by atoms with Gasteiger partial charge < -0.3 is 29.9 Å². The molecular formula is C26H33ClO6. The average molecular weight is 477 g/mol. The third-order valence-electron chi connectivity index (χ3n) is 7.32. The minimum absolute atomic E-state index is 0.344. The molecule has 2 aromatic carbocycles. The van der Waals surface area contributed by atoms with Gasteiger partial charge in [-0.05, 0) is 60.6 Å². The summed E-state index contributed by atoms with van der Waals surface area (Å²) < 4.78 is 11.7. The van der Waals surface area contributed by atoms with Crippen LogP contribution in [0.4, 0.5) is 0 Å². The molecule has 1 heterocycles. The molecule has 7 heteroatoms. The molecule has 4 rings (SSSR count). The molecule has 1 saturated heterocycles. The highest BCUT2D eigenvalue weighted by atomic mass is 35.5. The molecule has 5 unspecified atom stereocenters. The Morgan fingerprint density at radius 2 is 1.76 bits per heavy atom. The fourth-order valence-corrected chi connectivity index (χ4v) is 4.91. The lowest BCUT2D eigenvalue weighted by molar-refractivity contribution is -0.231. The van der Waals surface area contributed by atoms with Crippen molar-refractivity contribution in [2.24, 2.45) is 5.41 Å². The molecule has 1 saturated carbocycles. The van der Waals surface area contributed by atoms with Crippen molar-refractivity contribution in [1.82, 2.24) is 0 Å². The van der Waals surface area contributed by atoms with Crippen LogP contribution in [0.15, 0.2) is 42.5 Å². The second-order valence-corrected chi connectivity index (χ2v) is 9.82. The first-order chi connectivity index (χ1) is 15.9. The van der Waals surface area contributed by atoms with Crippen molar-refractivity contribution in [1.29, 1.82) is 0 Å². The van der Waals surface area contributed by atoms with Gasteiger partial charge in [-0.25, -0.2) is 0 Å². The highest BCUT2D eigenvalue weighted by Gasteiger charge is 2.44. The van der Waals surface area contributed by atoms with E-state index in [4.69, 9.17) is 21.1 Å². The number of aliphatic hydroxyl groups is 4. The van der Waals surface area contributed by atoms with Crippen molar-refractivity contribution in [2.45, 2.75) is 69.5 Å². The van der Waals surface area contributed by atoms with E-state index in [1.54, 1.807) is 12.1 Å². The molecule has 4 N–H and O–H groups in total. The first-order valence-corrected chi connectivity index (χ1v) is 12.0. The first-order valence-electron chi connectivity index (χ1n) is 11.7. The molecule has 0 aromatic heterocycles. The predicted octanol–water partition coefficient (Wildman–Crippen LogP) is 3.40. The summed E-state index contributed by atoms with van der Waals surface area (Å²) in [5, 5.41) is 40.6. The van der Waals surface area contributed by atoms with Gasteiger partial charge in [-0.2, -0.15) is 0 Å². The Bertz CT molecular complexity index is 921. The molecule has 2 aromatic rings. The summed E-state index contributed by atoms with van der Waals surface area (Å²) in [5.41, 5.74) is 2.87. The SMILES string of the molecule is CCC1(COc2ccc(Cc3cc(C4OC(CO)C(O)C(O)C4O)ccc3Cl)cc2)CCC1. The lowest BCUT2D eigenvalue weighted by Crippen LogP contribution is -2.55. The summed E-state index contributed by atoms with van der Waals surface area (Å²) in [6, 6.07) is 13.3. The molecule has 0 amide bonds. The largest absolute Gasteiger partial charge is 0.493 e. The van der Waals surface area contributed by atoms with Gasteiger partial charge in [0.2, 0.25) is 0 Å². The van der Waals surface area contributed by atoms with Gasteiger partial charge >= 0.3 is 0 Å². The van der Waals surface area contributed by atoms with Gasteiger partial charge in [0.1, 0.15) is 36.3 Å². The van der Waals surface area contributed by atoms with E-state index in [2.05, 4.69) is 6.92 Å². The summed E-state index contributed by atoms with van der Waals surface area (Å²) in [5.74, 6) is 0.861. The summed E-state index contributed by atoms with van der Waals surface area (Å²) >= 11 is 6.44. The second kappa shape index (κ2) is 10.3. The van der Waals surface area contributed by atoms with Crippen LogP contribution in [0.1, 0.15) is 55.4 Å². The van der Waals surface area contributed by atoms with Crippen LogP contribution in [0, 0.1) is 5.41 Å². The molecule has 2 fully saturated rings. The Morgan fingerprint density at radius 1 is 1.03 bits per heavy atom.